The normalized spacial score (nSPS) is 29.6. The number of hydrogen-bond donors (Lipinski definition) is 1. The Morgan fingerprint density at radius 3 is 2.71 bits per heavy atom. The molecule has 0 aliphatic heterocycles. The predicted molar refractivity (Wildman–Crippen MR) is 121 cm³/mol. The van der Waals surface area contributed by atoms with E-state index < -0.39 is 10.3 Å². The van der Waals surface area contributed by atoms with Gasteiger partial charge in [0.15, 0.2) is 0 Å². The maximum atomic E-state index is 13.4. The minimum atomic E-state index is -4.02. The number of carbonyl (C=O) groups excluding carboxylic acids is 1. The molecule has 1 saturated carbocycles. The number of rotatable bonds is 5. The lowest BCUT2D eigenvalue weighted by molar-refractivity contribution is -0.130. The molecule has 0 saturated heterocycles. The quantitative estimate of drug-likeness (QED) is 0.742. The summed E-state index contributed by atoms with van der Waals surface area (Å²) >= 11 is 0. The third kappa shape index (κ3) is 3.91. The van der Waals surface area contributed by atoms with Crippen LogP contribution in [-0.2, 0) is 21.5 Å². The molecule has 3 aliphatic rings. The highest BCUT2D eigenvalue weighted by atomic mass is 32.2. The fourth-order valence-electron chi connectivity index (χ4n) is 6.54. The largest absolute Gasteiger partial charge is 0.380 e. The van der Waals surface area contributed by atoms with Gasteiger partial charge in [0.1, 0.15) is 5.75 Å². The molecule has 1 fully saturated rings. The number of allylic oxidation sites excluding steroid dienone is 1. The summed E-state index contributed by atoms with van der Waals surface area (Å²) in [5.74, 6) is 1.95. The number of fused-ring (bicyclic) bond motifs is 5. The van der Waals surface area contributed by atoms with Crippen LogP contribution in [0.5, 0.6) is 5.75 Å². The number of aryl methyl sites for hydroxylation is 1. The fourth-order valence-corrected chi connectivity index (χ4v) is 6.91. The van der Waals surface area contributed by atoms with E-state index in [-0.39, 0.29) is 23.1 Å². The summed E-state index contributed by atoms with van der Waals surface area (Å²) in [4.78, 5) is 15.4. The van der Waals surface area contributed by atoms with Gasteiger partial charge in [-0.25, -0.2) is 0 Å². The zero-order valence-electron chi connectivity index (χ0n) is 18.9. The second-order valence-corrected chi connectivity index (χ2v) is 11.0. The molecule has 0 bridgehead atoms. The van der Waals surface area contributed by atoms with E-state index in [1.54, 1.807) is 6.07 Å². The highest BCUT2D eigenvalue weighted by molar-refractivity contribution is 7.84. The summed E-state index contributed by atoms with van der Waals surface area (Å²) in [5, 5.41) is 5.02. The summed E-state index contributed by atoms with van der Waals surface area (Å²) in [7, 11) is -4.02. The number of nitrogens with zero attached hydrogens (tertiary/aromatic N) is 1. The van der Waals surface area contributed by atoms with Crippen LogP contribution in [0, 0.1) is 17.3 Å². The fraction of sp³-hybridized carbons (Fsp3) is 0.625. The Kier molecular flexibility index (Phi) is 5.71. The van der Waals surface area contributed by atoms with Crippen molar-refractivity contribution in [1.29, 1.82) is 0 Å². The summed E-state index contributed by atoms with van der Waals surface area (Å²) in [6.07, 6.45) is 7.17. The number of nitrogens with two attached hydrogens (primary N) is 1. The molecule has 170 valence electrons. The third-order valence-corrected chi connectivity index (χ3v) is 8.37. The van der Waals surface area contributed by atoms with Gasteiger partial charge in [-0.05, 0) is 93.9 Å². The highest BCUT2D eigenvalue weighted by Crippen LogP contribution is 2.61. The van der Waals surface area contributed by atoms with Crippen LogP contribution in [-0.4, -0.2) is 31.8 Å². The van der Waals surface area contributed by atoms with Crippen molar-refractivity contribution in [2.45, 2.75) is 71.8 Å². The van der Waals surface area contributed by atoms with Gasteiger partial charge in [0, 0.05) is 23.6 Å². The van der Waals surface area contributed by atoms with Crippen molar-refractivity contribution in [2.24, 2.45) is 22.4 Å². The Hall–Kier alpha value is -1.86. The first-order valence-electron chi connectivity index (χ1n) is 11.4. The van der Waals surface area contributed by atoms with Crippen LogP contribution in [0.1, 0.15) is 70.4 Å². The van der Waals surface area contributed by atoms with Crippen molar-refractivity contribution in [3.8, 4) is 5.75 Å². The Bertz CT molecular complexity index is 1020. The molecule has 7 heteroatoms. The zero-order chi connectivity index (χ0) is 22.6. The molecule has 1 aromatic rings. The molecule has 1 aromatic carbocycles. The molecule has 0 spiro atoms. The van der Waals surface area contributed by atoms with Crippen molar-refractivity contribution < 1.29 is 17.4 Å². The van der Waals surface area contributed by atoms with Gasteiger partial charge in [-0.15, -0.1) is 0 Å². The Morgan fingerprint density at radius 1 is 1.32 bits per heavy atom. The van der Waals surface area contributed by atoms with E-state index >= 15 is 0 Å². The topological polar surface area (TPSA) is 89.7 Å². The number of likely N-dealkylation sites (N-methyl/N-ethyl adjacent to an activating group) is 1. The monoisotopic (exact) mass is 446 g/mol. The van der Waals surface area contributed by atoms with Gasteiger partial charge in [-0.2, -0.15) is 13.6 Å². The van der Waals surface area contributed by atoms with Crippen LogP contribution >= 0.6 is 0 Å². The van der Waals surface area contributed by atoms with Gasteiger partial charge in [-0.3, -0.25) is 4.79 Å². The molecule has 4 rings (SSSR count). The van der Waals surface area contributed by atoms with Gasteiger partial charge in [0.2, 0.25) is 5.91 Å². The first kappa shape index (κ1) is 22.3. The Balaban J connectivity index is 1.58. The van der Waals surface area contributed by atoms with Crippen molar-refractivity contribution >= 4 is 16.2 Å². The molecule has 0 radical (unpaired) electrons. The van der Waals surface area contributed by atoms with E-state index in [1.807, 2.05) is 17.0 Å². The molecule has 4 atom stereocenters. The van der Waals surface area contributed by atoms with Crippen LogP contribution in [0.15, 0.2) is 29.8 Å². The maximum absolute atomic E-state index is 13.4. The second-order valence-electron chi connectivity index (χ2n) is 9.85. The summed E-state index contributed by atoms with van der Waals surface area (Å²) in [5.41, 5.74) is 3.42. The van der Waals surface area contributed by atoms with E-state index in [0.717, 1.165) is 49.8 Å². The van der Waals surface area contributed by atoms with Crippen LogP contribution in [0.4, 0.5) is 0 Å². The first-order valence-corrected chi connectivity index (χ1v) is 12.9. The Labute approximate surface area is 186 Å². The third-order valence-electron chi connectivity index (χ3n) is 7.95. The second kappa shape index (κ2) is 7.93. The standard InChI is InChI=1S/C24H34N2O4S/c1-5-26(15(2)3)23(27)22-11-10-21-20-8-6-16-14-17(30-31(25,28)29)7-9-18(16)19(20)12-13-24(21,22)4/h7,9,11,14-15,19-21H,5-6,8,10,12-13H2,1-4H3,(H2,25,28,29)/t19?,20?,21?,24-/m0/s1. The minimum absolute atomic E-state index is 0.0608. The van der Waals surface area contributed by atoms with E-state index in [0.29, 0.717) is 17.8 Å². The zero-order valence-corrected chi connectivity index (χ0v) is 19.7. The molecule has 0 aromatic heterocycles. The molecule has 3 unspecified atom stereocenters. The lowest BCUT2D eigenvalue weighted by atomic mass is 9.54. The van der Waals surface area contributed by atoms with Crippen molar-refractivity contribution in [2.75, 3.05) is 6.54 Å². The predicted octanol–water partition coefficient (Wildman–Crippen LogP) is 3.92. The van der Waals surface area contributed by atoms with E-state index in [2.05, 4.69) is 33.8 Å². The van der Waals surface area contributed by atoms with Crippen LogP contribution in [0.25, 0.3) is 0 Å². The van der Waals surface area contributed by atoms with Gasteiger partial charge in [0.05, 0.1) is 0 Å². The van der Waals surface area contributed by atoms with Crippen molar-refractivity contribution in [3.05, 3.63) is 41.0 Å². The van der Waals surface area contributed by atoms with E-state index in [4.69, 9.17) is 9.32 Å². The molecule has 0 heterocycles. The number of benzene rings is 1. The molecular formula is C24H34N2O4S. The highest BCUT2D eigenvalue weighted by Gasteiger charge is 2.53. The lowest BCUT2D eigenvalue weighted by Crippen LogP contribution is -2.46. The van der Waals surface area contributed by atoms with Gasteiger partial charge >= 0.3 is 10.3 Å². The molecule has 3 aliphatic carbocycles. The van der Waals surface area contributed by atoms with E-state index in [1.165, 1.54) is 5.56 Å². The van der Waals surface area contributed by atoms with Crippen LogP contribution in [0.2, 0.25) is 0 Å². The van der Waals surface area contributed by atoms with Crippen molar-refractivity contribution in [1.82, 2.24) is 4.90 Å². The summed E-state index contributed by atoms with van der Waals surface area (Å²) in [6, 6.07) is 5.75. The molecular weight excluding hydrogens is 412 g/mol. The first-order chi connectivity index (χ1) is 14.5. The number of amides is 1. The maximum Gasteiger partial charge on any atom is 0.380 e. The lowest BCUT2D eigenvalue weighted by Gasteiger charge is -2.50. The number of carbonyl (C=O) groups is 1. The SMILES string of the molecule is CCN(C(=O)C1=CCC2C3CCc4cc(OS(N)(=O)=O)ccc4C3CC[C@]12C)C(C)C. The summed E-state index contributed by atoms with van der Waals surface area (Å²) in [6.45, 7) is 9.25. The Morgan fingerprint density at radius 2 is 2.06 bits per heavy atom. The molecule has 2 N–H and O–H groups in total. The number of hydrogen-bond acceptors (Lipinski definition) is 4. The van der Waals surface area contributed by atoms with Gasteiger partial charge < -0.3 is 9.08 Å². The summed E-state index contributed by atoms with van der Waals surface area (Å²) < 4.78 is 27.4. The molecule has 31 heavy (non-hydrogen) atoms. The average molecular weight is 447 g/mol. The molecule has 1 amide bonds. The van der Waals surface area contributed by atoms with Crippen molar-refractivity contribution in [3.63, 3.8) is 0 Å². The average Bonchev–Trinajstić information content (AvgIpc) is 3.03. The van der Waals surface area contributed by atoms with Crippen LogP contribution < -0.4 is 9.32 Å². The van der Waals surface area contributed by atoms with Gasteiger partial charge in [-0.1, -0.05) is 19.1 Å². The van der Waals surface area contributed by atoms with E-state index in [9.17, 15) is 13.2 Å². The minimum Gasteiger partial charge on any atom is -0.371 e. The van der Waals surface area contributed by atoms with Gasteiger partial charge in [0.25, 0.3) is 0 Å². The molecule has 6 nitrogen and oxygen atoms in total. The van der Waals surface area contributed by atoms with Crippen LogP contribution in [0.3, 0.4) is 0 Å². The smallest absolute Gasteiger partial charge is 0.371 e.